The molecule has 1 aliphatic carbocycles. The summed E-state index contributed by atoms with van der Waals surface area (Å²) in [6.07, 6.45) is 3.15. The highest BCUT2D eigenvalue weighted by molar-refractivity contribution is 5.60. The van der Waals surface area contributed by atoms with Gasteiger partial charge >= 0.3 is 0 Å². The highest BCUT2D eigenvalue weighted by Crippen LogP contribution is 2.36. The Labute approximate surface area is 121 Å². The van der Waals surface area contributed by atoms with Gasteiger partial charge < -0.3 is 19.8 Å². The molecule has 1 aromatic rings. The second-order valence-electron chi connectivity index (χ2n) is 5.60. The van der Waals surface area contributed by atoms with Gasteiger partial charge in [0.05, 0.1) is 25.4 Å². The van der Waals surface area contributed by atoms with Gasteiger partial charge in [-0.05, 0) is 31.9 Å². The Morgan fingerprint density at radius 2 is 2.00 bits per heavy atom. The molecule has 0 spiro atoms. The minimum Gasteiger partial charge on any atom is -0.496 e. The van der Waals surface area contributed by atoms with Crippen molar-refractivity contribution in [3.63, 3.8) is 0 Å². The minimum atomic E-state index is -0.607. The van der Waals surface area contributed by atoms with Crippen molar-refractivity contribution in [2.45, 2.75) is 50.9 Å². The summed E-state index contributed by atoms with van der Waals surface area (Å²) in [5, 5.41) is 20.3. The van der Waals surface area contributed by atoms with Crippen molar-refractivity contribution in [3.05, 3.63) is 23.8 Å². The fourth-order valence-electron chi connectivity index (χ4n) is 3.16. The monoisotopic (exact) mass is 279 g/mol. The molecule has 1 aliphatic rings. The Bertz CT molecular complexity index is 447. The number of ether oxygens (including phenoxy) is 1. The van der Waals surface area contributed by atoms with Crippen LogP contribution in [0, 0.1) is 0 Å². The molecule has 1 saturated carbocycles. The molecule has 3 atom stereocenters. The van der Waals surface area contributed by atoms with Crippen LogP contribution < -0.4 is 9.64 Å². The normalized spacial score (nSPS) is 24.2. The molecule has 2 N–H and O–H groups in total. The first kappa shape index (κ1) is 15.1. The van der Waals surface area contributed by atoms with Gasteiger partial charge in [0.25, 0.3) is 0 Å². The average molecular weight is 279 g/mol. The molecule has 1 fully saturated rings. The second kappa shape index (κ2) is 6.46. The summed E-state index contributed by atoms with van der Waals surface area (Å²) < 4.78 is 5.36. The molecular formula is C16H25NO3. The molecule has 1 aromatic carbocycles. The van der Waals surface area contributed by atoms with Crippen LogP contribution in [0.5, 0.6) is 5.75 Å². The first-order chi connectivity index (χ1) is 9.56. The molecule has 0 saturated heterocycles. The van der Waals surface area contributed by atoms with Crippen molar-refractivity contribution >= 4 is 5.69 Å². The predicted octanol–water partition coefficient (Wildman–Crippen LogP) is 2.49. The van der Waals surface area contributed by atoms with Crippen LogP contribution in [0.2, 0.25) is 0 Å². The van der Waals surface area contributed by atoms with E-state index in [2.05, 4.69) is 4.90 Å². The van der Waals surface area contributed by atoms with Crippen LogP contribution in [-0.4, -0.2) is 36.5 Å². The quantitative estimate of drug-likeness (QED) is 0.889. The Balaban J connectivity index is 2.35. The van der Waals surface area contributed by atoms with Gasteiger partial charge in [0.1, 0.15) is 5.75 Å². The smallest absolute Gasteiger partial charge is 0.126 e. The van der Waals surface area contributed by atoms with Gasteiger partial charge in [0.2, 0.25) is 0 Å². The summed E-state index contributed by atoms with van der Waals surface area (Å²) in [6, 6.07) is 5.86. The lowest BCUT2D eigenvalue weighted by Gasteiger charge is -2.38. The maximum atomic E-state index is 10.2. The number of hydrogen-bond acceptors (Lipinski definition) is 4. The number of hydrogen-bond donors (Lipinski definition) is 2. The Morgan fingerprint density at radius 3 is 2.60 bits per heavy atom. The average Bonchev–Trinajstić information content (AvgIpc) is 2.46. The third kappa shape index (κ3) is 2.91. The number of likely N-dealkylation sites (N-methyl/N-ethyl adjacent to an activating group) is 1. The van der Waals surface area contributed by atoms with E-state index in [-0.39, 0.29) is 12.1 Å². The van der Waals surface area contributed by atoms with Crippen LogP contribution in [-0.2, 0) is 0 Å². The maximum Gasteiger partial charge on any atom is 0.126 e. The SMILES string of the molecule is COc1cccc(N(C)C2CCCCC2O)c1[C@H](C)O. The summed E-state index contributed by atoms with van der Waals surface area (Å²) in [4.78, 5) is 2.09. The van der Waals surface area contributed by atoms with Gasteiger partial charge in [-0.25, -0.2) is 0 Å². The Kier molecular flexibility index (Phi) is 4.89. The number of nitrogens with zero attached hydrogens (tertiary/aromatic N) is 1. The van der Waals surface area contributed by atoms with Crippen molar-refractivity contribution in [1.29, 1.82) is 0 Å². The van der Waals surface area contributed by atoms with E-state index >= 15 is 0 Å². The number of methoxy groups -OCH3 is 1. The molecule has 20 heavy (non-hydrogen) atoms. The molecule has 0 bridgehead atoms. The van der Waals surface area contributed by atoms with E-state index in [4.69, 9.17) is 4.74 Å². The van der Waals surface area contributed by atoms with E-state index in [0.717, 1.165) is 36.9 Å². The molecular weight excluding hydrogens is 254 g/mol. The summed E-state index contributed by atoms with van der Waals surface area (Å²) >= 11 is 0. The molecule has 0 aromatic heterocycles. The molecule has 112 valence electrons. The standard InChI is InChI=1S/C16H25NO3/c1-11(18)16-13(8-6-10-15(16)20-3)17(2)12-7-4-5-9-14(12)19/h6,8,10-12,14,18-19H,4-5,7,9H2,1-3H3/t11-,12?,14?/m0/s1. The lowest BCUT2D eigenvalue weighted by molar-refractivity contribution is 0.106. The lowest BCUT2D eigenvalue weighted by atomic mass is 9.90. The lowest BCUT2D eigenvalue weighted by Crippen LogP contribution is -2.43. The summed E-state index contributed by atoms with van der Waals surface area (Å²) in [7, 11) is 3.60. The Morgan fingerprint density at radius 1 is 1.30 bits per heavy atom. The zero-order chi connectivity index (χ0) is 14.7. The van der Waals surface area contributed by atoms with Crippen LogP contribution in [0.25, 0.3) is 0 Å². The number of benzene rings is 1. The molecule has 0 heterocycles. The summed E-state index contributed by atoms with van der Waals surface area (Å²) in [5.74, 6) is 0.689. The number of anilines is 1. The van der Waals surface area contributed by atoms with E-state index in [1.807, 2.05) is 25.2 Å². The summed E-state index contributed by atoms with van der Waals surface area (Å²) in [6.45, 7) is 1.74. The largest absolute Gasteiger partial charge is 0.496 e. The zero-order valence-corrected chi connectivity index (χ0v) is 12.5. The van der Waals surface area contributed by atoms with Crippen molar-refractivity contribution in [1.82, 2.24) is 0 Å². The van der Waals surface area contributed by atoms with E-state index < -0.39 is 6.10 Å². The highest BCUT2D eigenvalue weighted by Gasteiger charge is 2.29. The van der Waals surface area contributed by atoms with E-state index in [9.17, 15) is 10.2 Å². The van der Waals surface area contributed by atoms with Gasteiger partial charge in [-0.15, -0.1) is 0 Å². The fourth-order valence-corrected chi connectivity index (χ4v) is 3.16. The third-order valence-electron chi connectivity index (χ3n) is 4.25. The number of aliphatic hydroxyl groups excluding tert-OH is 2. The third-order valence-corrected chi connectivity index (χ3v) is 4.25. The number of aliphatic hydroxyl groups is 2. The van der Waals surface area contributed by atoms with Gasteiger partial charge in [-0.3, -0.25) is 0 Å². The van der Waals surface area contributed by atoms with Crippen LogP contribution in [0.3, 0.4) is 0 Å². The van der Waals surface area contributed by atoms with E-state index in [0.29, 0.717) is 5.75 Å². The number of rotatable bonds is 4. The molecule has 0 radical (unpaired) electrons. The molecule has 2 rings (SSSR count). The van der Waals surface area contributed by atoms with Gasteiger partial charge in [-0.1, -0.05) is 18.9 Å². The molecule has 0 amide bonds. The van der Waals surface area contributed by atoms with Crippen LogP contribution >= 0.6 is 0 Å². The van der Waals surface area contributed by atoms with Crippen molar-refractivity contribution in [2.75, 3.05) is 19.1 Å². The first-order valence-corrected chi connectivity index (χ1v) is 7.32. The molecule has 4 heteroatoms. The van der Waals surface area contributed by atoms with Gasteiger partial charge in [-0.2, -0.15) is 0 Å². The van der Waals surface area contributed by atoms with Crippen LogP contribution in [0.1, 0.15) is 44.3 Å². The maximum absolute atomic E-state index is 10.2. The van der Waals surface area contributed by atoms with Gasteiger partial charge in [0.15, 0.2) is 0 Å². The minimum absolute atomic E-state index is 0.105. The molecule has 4 nitrogen and oxygen atoms in total. The topological polar surface area (TPSA) is 52.9 Å². The van der Waals surface area contributed by atoms with Crippen molar-refractivity contribution in [3.8, 4) is 5.75 Å². The first-order valence-electron chi connectivity index (χ1n) is 7.32. The second-order valence-corrected chi connectivity index (χ2v) is 5.60. The fraction of sp³-hybridized carbons (Fsp3) is 0.625. The van der Waals surface area contributed by atoms with Crippen LogP contribution in [0.4, 0.5) is 5.69 Å². The molecule has 2 unspecified atom stereocenters. The summed E-state index contributed by atoms with van der Waals surface area (Å²) in [5.41, 5.74) is 1.72. The van der Waals surface area contributed by atoms with Crippen molar-refractivity contribution in [2.24, 2.45) is 0 Å². The van der Waals surface area contributed by atoms with Crippen LogP contribution in [0.15, 0.2) is 18.2 Å². The highest BCUT2D eigenvalue weighted by atomic mass is 16.5. The van der Waals surface area contributed by atoms with Gasteiger partial charge in [0, 0.05) is 18.3 Å². The van der Waals surface area contributed by atoms with E-state index in [1.54, 1.807) is 14.0 Å². The predicted molar refractivity (Wildman–Crippen MR) is 80.3 cm³/mol. The molecule has 0 aliphatic heterocycles. The Hall–Kier alpha value is -1.26. The van der Waals surface area contributed by atoms with E-state index in [1.165, 1.54) is 0 Å². The van der Waals surface area contributed by atoms with Crippen molar-refractivity contribution < 1.29 is 14.9 Å². The zero-order valence-electron chi connectivity index (χ0n) is 12.5.